The molecular weight excluding hydrogens is 352 g/mol. The van der Waals surface area contributed by atoms with Gasteiger partial charge < -0.3 is 15.1 Å². The van der Waals surface area contributed by atoms with Gasteiger partial charge in [-0.2, -0.15) is 0 Å². The number of likely N-dealkylation sites (tertiary alicyclic amines) is 1. The number of hydrogen-bond acceptors (Lipinski definition) is 2. The maximum Gasteiger partial charge on any atom is 0.321 e. The summed E-state index contributed by atoms with van der Waals surface area (Å²) in [4.78, 5) is 28.3. The molecule has 0 aliphatic carbocycles. The topological polar surface area (TPSA) is 52.7 Å². The van der Waals surface area contributed by atoms with E-state index in [2.05, 4.69) is 5.32 Å². The smallest absolute Gasteiger partial charge is 0.321 e. The molecule has 0 radical (unpaired) electrons. The summed E-state index contributed by atoms with van der Waals surface area (Å²) in [6.07, 6.45) is 1.05. The first kappa shape index (κ1) is 17.5. The summed E-state index contributed by atoms with van der Waals surface area (Å²) in [5, 5.41) is 2.75. The number of urea groups is 1. The lowest BCUT2D eigenvalue weighted by molar-refractivity contribution is -0.117. The van der Waals surface area contributed by atoms with Crippen molar-refractivity contribution in [2.45, 2.75) is 12.8 Å². The summed E-state index contributed by atoms with van der Waals surface area (Å²) < 4.78 is 26.5. The number of carbonyl (C=O) groups is 2. The zero-order valence-electron chi connectivity index (χ0n) is 14.6. The predicted molar refractivity (Wildman–Crippen MR) is 97.4 cm³/mol. The number of benzene rings is 2. The van der Waals surface area contributed by atoms with Crippen LogP contribution in [0, 0.1) is 17.0 Å². The highest BCUT2D eigenvalue weighted by Crippen LogP contribution is 2.42. The van der Waals surface area contributed by atoms with E-state index in [1.54, 1.807) is 21.9 Å². The Labute approximate surface area is 155 Å². The number of rotatable bonds is 2. The Kier molecular flexibility index (Phi) is 4.30. The van der Waals surface area contributed by atoms with Crippen molar-refractivity contribution >= 4 is 23.3 Å². The van der Waals surface area contributed by atoms with Gasteiger partial charge in [0.25, 0.3) is 0 Å². The van der Waals surface area contributed by atoms with E-state index in [9.17, 15) is 18.4 Å². The van der Waals surface area contributed by atoms with Crippen molar-refractivity contribution in [3.05, 3.63) is 60.2 Å². The molecule has 2 aliphatic rings. The van der Waals surface area contributed by atoms with E-state index in [-0.39, 0.29) is 29.0 Å². The maximum atomic E-state index is 13.5. The quantitative estimate of drug-likeness (QED) is 0.877. The van der Waals surface area contributed by atoms with Crippen molar-refractivity contribution in [2.24, 2.45) is 5.41 Å². The molecule has 0 unspecified atom stereocenters. The van der Waals surface area contributed by atoms with Crippen molar-refractivity contribution in [3.8, 4) is 0 Å². The number of hydrogen-bond donors (Lipinski definition) is 1. The lowest BCUT2D eigenvalue weighted by atomic mass is 9.86. The Morgan fingerprint density at radius 3 is 2.56 bits per heavy atom. The summed E-state index contributed by atoms with van der Waals surface area (Å²) in [6, 6.07) is 11.3. The van der Waals surface area contributed by atoms with Crippen molar-refractivity contribution in [1.82, 2.24) is 4.90 Å². The molecule has 0 saturated carbocycles. The third kappa shape index (κ3) is 3.49. The SMILES string of the molecule is O=C(Nc1ccc(F)cc1)N1CC[C@]2(CC(=O)N(c3cccc(F)c3)C2)C1. The second-order valence-corrected chi connectivity index (χ2v) is 7.25. The van der Waals surface area contributed by atoms with Crippen LogP contribution in [0.2, 0.25) is 0 Å². The van der Waals surface area contributed by atoms with Crippen molar-refractivity contribution < 1.29 is 18.4 Å². The number of halogens is 2. The maximum absolute atomic E-state index is 13.5. The van der Waals surface area contributed by atoms with E-state index in [0.29, 0.717) is 43.9 Å². The zero-order valence-corrected chi connectivity index (χ0v) is 14.6. The molecule has 3 amide bonds. The molecule has 0 aromatic heterocycles. The minimum Gasteiger partial charge on any atom is -0.324 e. The minimum absolute atomic E-state index is 0.0543. The number of anilines is 2. The first-order valence-corrected chi connectivity index (χ1v) is 8.82. The molecule has 4 rings (SSSR count). The highest BCUT2D eigenvalue weighted by Gasteiger charge is 2.48. The fraction of sp³-hybridized carbons (Fsp3) is 0.300. The second-order valence-electron chi connectivity index (χ2n) is 7.25. The standard InChI is InChI=1S/C20H19F2N3O2/c21-14-4-6-16(7-5-14)23-19(27)24-9-8-20(12-24)11-18(26)25(13-20)17-3-1-2-15(22)10-17/h1-7,10H,8-9,11-13H2,(H,23,27)/t20-/m0/s1. The monoisotopic (exact) mass is 371 g/mol. The number of carbonyl (C=O) groups excluding carboxylic acids is 2. The van der Waals surface area contributed by atoms with Crippen molar-refractivity contribution in [1.29, 1.82) is 0 Å². The molecule has 2 aliphatic heterocycles. The number of amides is 3. The van der Waals surface area contributed by atoms with Gasteiger partial charge in [-0.3, -0.25) is 4.79 Å². The molecule has 2 saturated heterocycles. The van der Waals surface area contributed by atoms with Gasteiger partial charge in [0.05, 0.1) is 0 Å². The highest BCUT2D eigenvalue weighted by molar-refractivity contribution is 5.97. The van der Waals surface area contributed by atoms with Gasteiger partial charge in [0.1, 0.15) is 11.6 Å². The minimum atomic E-state index is -0.382. The van der Waals surface area contributed by atoms with E-state index in [1.807, 2.05) is 0 Å². The second kappa shape index (κ2) is 6.64. The first-order chi connectivity index (χ1) is 12.9. The van der Waals surface area contributed by atoms with Gasteiger partial charge in [0, 0.05) is 42.8 Å². The van der Waals surface area contributed by atoms with Crippen LogP contribution in [0.15, 0.2) is 48.5 Å². The van der Waals surface area contributed by atoms with E-state index < -0.39 is 0 Å². The Balaban J connectivity index is 1.43. The summed E-state index contributed by atoms with van der Waals surface area (Å²) >= 11 is 0. The molecule has 2 heterocycles. The molecule has 1 spiro atoms. The third-order valence-electron chi connectivity index (χ3n) is 5.26. The molecule has 7 heteroatoms. The fourth-order valence-electron chi connectivity index (χ4n) is 3.89. The molecule has 1 atom stereocenters. The van der Waals surface area contributed by atoms with Gasteiger partial charge in [0.2, 0.25) is 5.91 Å². The summed E-state index contributed by atoms with van der Waals surface area (Å²) in [6.45, 7) is 1.46. The average Bonchev–Trinajstić information content (AvgIpc) is 3.20. The normalized spacial score (nSPS) is 21.9. The lowest BCUT2D eigenvalue weighted by Gasteiger charge is -2.24. The first-order valence-electron chi connectivity index (χ1n) is 8.82. The molecular formula is C20H19F2N3O2. The largest absolute Gasteiger partial charge is 0.324 e. The summed E-state index contributed by atoms with van der Waals surface area (Å²) in [5.74, 6) is -0.801. The number of nitrogens with one attached hydrogen (secondary N) is 1. The third-order valence-corrected chi connectivity index (χ3v) is 5.26. The van der Waals surface area contributed by atoms with Gasteiger partial charge in [0.15, 0.2) is 0 Å². The Hall–Kier alpha value is -2.96. The summed E-state index contributed by atoms with van der Waals surface area (Å²) in [5.41, 5.74) is 0.751. The van der Waals surface area contributed by atoms with Crippen LogP contribution in [0.5, 0.6) is 0 Å². The van der Waals surface area contributed by atoms with Crippen LogP contribution in [-0.4, -0.2) is 36.5 Å². The average molecular weight is 371 g/mol. The van der Waals surface area contributed by atoms with E-state index in [0.717, 1.165) is 0 Å². The zero-order chi connectivity index (χ0) is 19.0. The summed E-state index contributed by atoms with van der Waals surface area (Å²) in [7, 11) is 0. The van der Waals surface area contributed by atoms with Gasteiger partial charge in [-0.1, -0.05) is 6.07 Å². The Morgan fingerprint density at radius 1 is 1.04 bits per heavy atom. The molecule has 140 valence electrons. The van der Waals surface area contributed by atoms with Crippen molar-refractivity contribution in [3.63, 3.8) is 0 Å². The number of nitrogens with zero attached hydrogens (tertiary/aromatic N) is 2. The fourth-order valence-corrected chi connectivity index (χ4v) is 3.89. The van der Waals surface area contributed by atoms with Gasteiger partial charge >= 0.3 is 6.03 Å². The molecule has 2 fully saturated rings. The Morgan fingerprint density at radius 2 is 1.81 bits per heavy atom. The van der Waals surface area contributed by atoms with Crippen LogP contribution < -0.4 is 10.2 Å². The van der Waals surface area contributed by atoms with Gasteiger partial charge in [-0.15, -0.1) is 0 Å². The van der Waals surface area contributed by atoms with Crippen LogP contribution in [0.4, 0.5) is 25.0 Å². The van der Waals surface area contributed by atoms with Crippen LogP contribution >= 0.6 is 0 Å². The van der Waals surface area contributed by atoms with Crippen LogP contribution in [0.1, 0.15) is 12.8 Å². The molecule has 0 bridgehead atoms. The predicted octanol–water partition coefficient (Wildman–Crippen LogP) is 3.63. The van der Waals surface area contributed by atoms with E-state index >= 15 is 0 Å². The van der Waals surface area contributed by atoms with E-state index in [1.165, 1.54) is 36.4 Å². The van der Waals surface area contributed by atoms with Crippen LogP contribution in [0.25, 0.3) is 0 Å². The molecule has 2 aromatic carbocycles. The van der Waals surface area contributed by atoms with Crippen LogP contribution in [0.3, 0.4) is 0 Å². The molecule has 2 aromatic rings. The van der Waals surface area contributed by atoms with Gasteiger partial charge in [-0.25, -0.2) is 13.6 Å². The molecule has 1 N–H and O–H groups in total. The Bertz CT molecular complexity index is 887. The molecule has 5 nitrogen and oxygen atoms in total. The van der Waals surface area contributed by atoms with E-state index in [4.69, 9.17) is 0 Å². The highest BCUT2D eigenvalue weighted by atomic mass is 19.1. The lowest BCUT2D eigenvalue weighted by Crippen LogP contribution is -2.36. The van der Waals surface area contributed by atoms with Crippen LogP contribution in [-0.2, 0) is 4.79 Å². The van der Waals surface area contributed by atoms with Crippen molar-refractivity contribution in [2.75, 3.05) is 29.9 Å². The van der Waals surface area contributed by atoms with Gasteiger partial charge in [-0.05, 0) is 48.9 Å². The molecule has 27 heavy (non-hydrogen) atoms.